The third kappa shape index (κ3) is 7.18. The largest absolute Gasteiger partial charge is 0.481 e. The van der Waals surface area contributed by atoms with Gasteiger partial charge in [-0.05, 0) is 55.9 Å². The Kier molecular flexibility index (Phi) is 9.62. The number of carboxylic acids is 1. The van der Waals surface area contributed by atoms with Crippen molar-refractivity contribution in [3.63, 3.8) is 0 Å². The summed E-state index contributed by atoms with van der Waals surface area (Å²) in [6.07, 6.45) is 14.4. The normalized spacial score (nSPS) is 28.6. The van der Waals surface area contributed by atoms with E-state index in [-0.39, 0.29) is 18.6 Å². The van der Waals surface area contributed by atoms with Crippen molar-refractivity contribution in [1.29, 1.82) is 0 Å². The first-order chi connectivity index (χ1) is 16.7. The van der Waals surface area contributed by atoms with Crippen molar-refractivity contribution in [3.8, 4) is 11.8 Å². The zero-order chi connectivity index (χ0) is 23.6. The topological polar surface area (TPSA) is 68.3 Å². The molecule has 1 aromatic carbocycles. The molecule has 4 rings (SSSR count). The molecular weight excluding hydrogens is 428 g/mol. The number of epoxide rings is 1. The summed E-state index contributed by atoms with van der Waals surface area (Å²) < 4.78 is 17.9. The van der Waals surface area contributed by atoms with Crippen LogP contribution in [-0.2, 0) is 25.4 Å². The molecule has 1 N–H and O–H groups in total. The molecule has 0 radical (unpaired) electrons. The lowest BCUT2D eigenvalue weighted by Gasteiger charge is -2.25. The van der Waals surface area contributed by atoms with Gasteiger partial charge in [-0.3, -0.25) is 4.79 Å². The number of carbonyl (C=O) groups is 1. The minimum absolute atomic E-state index is 0.241. The Balaban J connectivity index is 1.05. The lowest BCUT2D eigenvalue weighted by molar-refractivity contribution is -0.137. The molecule has 0 spiro atoms. The number of hydrogen-bond acceptors (Lipinski definition) is 4. The Morgan fingerprint density at radius 2 is 1.68 bits per heavy atom. The van der Waals surface area contributed by atoms with E-state index in [1.807, 2.05) is 6.07 Å². The third-order valence-corrected chi connectivity index (χ3v) is 7.21. The van der Waals surface area contributed by atoms with Crippen LogP contribution in [0.4, 0.5) is 0 Å². The zero-order valence-corrected chi connectivity index (χ0v) is 20.1. The fourth-order valence-corrected chi connectivity index (χ4v) is 5.44. The van der Waals surface area contributed by atoms with Crippen molar-refractivity contribution in [2.45, 2.75) is 88.6 Å². The maximum Gasteiger partial charge on any atom is 0.303 e. The average molecular weight is 467 g/mol. The molecule has 0 amide bonds. The van der Waals surface area contributed by atoms with E-state index in [9.17, 15) is 4.79 Å². The summed E-state index contributed by atoms with van der Waals surface area (Å²) >= 11 is 0. The molecule has 3 fully saturated rings. The molecule has 34 heavy (non-hydrogen) atoms. The lowest BCUT2D eigenvalue weighted by atomic mass is 9.75. The van der Waals surface area contributed by atoms with Gasteiger partial charge in [-0.25, -0.2) is 0 Å². The van der Waals surface area contributed by atoms with Crippen LogP contribution >= 0.6 is 0 Å². The maximum atomic E-state index is 10.6. The van der Waals surface area contributed by atoms with E-state index >= 15 is 0 Å². The van der Waals surface area contributed by atoms with Crippen LogP contribution < -0.4 is 0 Å². The number of aryl methyl sites for hydroxylation is 1. The molecule has 0 aromatic heterocycles. The van der Waals surface area contributed by atoms with Crippen molar-refractivity contribution in [2.75, 3.05) is 13.2 Å². The second kappa shape index (κ2) is 13.1. The molecule has 3 heterocycles. The Morgan fingerprint density at radius 1 is 0.912 bits per heavy atom. The number of aliphatic carboxylic acids is 1. The Hall–Kier alpha value is -2.13. The van der Waals surface area contributed by atoms with E-state index < -0.39 is 5.97 Å². The van der Waals surface area contributed by atoms with Gasteiger partial charge in [-0.15, -0.1) is 11.8 Å². The van der Waals surface area contributed by atoms with Crippen LogP contribution in [0.3, 0.4) is 0 Å². The van der Waals surface area contributed by atoms with E-state index in [0.717, 1.165) is 58.0 Å². The molecule has 3 aliphatic heterocycles. The number of carboxylic acid groups (broad SMARTS) is 1. The lowest BCUT2D eigenvalue weighted by Crippen LogP contribution is -2.32. The summed E-state index contributed by atoms with van der Waals surface area (Å²) in [5.41, 5.74) is 1.34. The molecule has 0 unspecified atom stereocenters. The van der Waals surface area contributed by atoms with Gasteiger partial charge in [-0.2, -0.15) is 0 Å². The second-order valence-corrected chi connectivity index (χ2v) is 9.65. The summed E-state index contributed by atoms with van der Waals surface area (Å²) in [5, 5.41) is 8.74. The summed E-state index contributed by atoms with van der Waals surface area (Å²) in [6.45, 7) is 1.51. The number of rotatable bonds is 15. The fraction of sp³-hybridized carbons (Fsp3) is 0.621. The Morgan fingerprint density at radius 3 is 2.50 bits per heavy atom. The summed E-state index contributed by atoms with van der Waals surface area (Å²) in [5.74, 6) is 6.84. The van der Waals surface area contributed by atoms with E-state index in [2.05, 4.69) is 48.3 Å². The highest BCUT2D eigenvalue weighted by Crippen LogP contribution is 2.56. The smallest absolute Gasteiger partial charge is 0.303 e. The molecule has 0 saturated carbocycles. The number of benzene rings is 1. The molecule has 6 atom stereocenters. The van der Waals surface area contributed by atoms with Crippen molar-refractivity contribution in [1.82, 2.24) is 0 Å². The highest BCUT2D eigenvalue weighted by atomic mass is 16.7. The predicted octanol–water partition coefficient (Wildman–Crippen LogP) is 5.18. The number of fused-ring (bicyclic) bond motifs is 5. The van der Waals surface area contributed by atoms with Crippen LogP contribution in [0.25, 0.3) is 0 Å². The monoisotopic (exact) mass is 466 g/mol. The molecule has 3 aliphatic rings. The van der Waals surface area contributed by atoms with Crippen molar-refractivity contribution in [3.05, 3.63) is 48.0 Å². The molecule has 1 aromatic rings. The van der Waals surface area contributed by atoms with Crippen molar-refractivity contribution >= 4 is 5.97 Å². The quantitative estimate of drug-likeness (QED) is 0.167. The van der Waals surface area contributed by atoms with Crippen LogP contribution in [0, 0.1) is 23.7 Å². The van der Waals surface area contributed by atoms with Gasteiger partial charge in [-0.1, -0.05) is 48.9 Å². The van der Waals surface area contributed by atoms with Gasteiger partial charge < -0.3 is 19.3 Å². The number of hydrogen-bond donors (Lipinski definition) is 1. The highest BCUT2D eigenvalue weighted by Gasteiger charge is 2.68. The number of ether oxygens (including phenoxy) is 3. The number of unbranched alkanes of at least 4 members (excludes halogenated alkanes) is 2. The average Bonchev–Trinajstić information content (AvgIpc) is 3.47. The first-order valence-corrected chi connectivity index (χ1v) is 13.0. The van der Waals surface area contributed by atoms with E-state index in [1.54, 1.807) is 0 Å². The second-order valence-electron chi connectivity index (χ2n) is 9.65. The van der Waals surface area contributed by atoms with Crippen molar-refractivity contribution < 1.29 is 24.1 Å². The van der Waals surface area contributed by atoms with Gasteiger partial charge in [0.05, 0.1) is 18.8 Å². The van der Waals surface area contributed by atoms with Gasteiger partial charge in [0.1, 0.15) is 12.2 Å². The van der Waals surface area contributed by atoms with E-state index in [0.29, 0.717) is 37.1 Å². The van der Waals surface area contributed by atoms with Gasteiger partial charge in [0.15, 0.2) is 0 Å². The minimum Gasteiger partial charge on any atom is -0.481 e. The number of allylic oxidation sites excluding steroid dienone is 2. The molecule has 5 nitrogen and oxygen atoms in total. The minimum atomic E-state index is -0.720. The van der Waals surface area contributed by atoms with Crippen LogP contribution in [0.2, 0.25) is 0 Å². The molecule has 0 aliphatic carbocycles. The summed E-state index contributed by atoms with van der Waals surface area (Å²) in [7, 11) is 0. The highest BCUT2D eigenvalue weighted by molar-refractivity contribution is 5.66. The van der Waals surface area contributed by atoms with Gasteiger partial charge in [0, 0.05) is 25.9 Å². The van der Waals surface area contributed by atoms with Crippen LogP contribution in [0.5, 0.6) is 0 Å². The molecule has 3 saturated heterocycles. The van der Waals surface area contributed by atoms with Gasteiger partial charge >= 0.3 is 5.97 Å². The van der Waals surface area contributed by atoms with Crippen LogP contribution in [0.15, 0.2) is 42.5 Å². The Labute approximate surface area is 203 Å². The van der Waals surface area contributed by atoms with E-state index in [1.165, 1.54) is 5.56 Å². The van der Waals surface area contributed by atoms with Crippen LogP contribution in [-0.4, -0.2) is 48.7 Å². The SMILES string of the molecule is O=C(O)CCC/C=C\C[C@H]1[C@@H](CCCCOCCC#CCCc2ccccc2)[C@@H]2O[C@H]1[C@@H]1O[C@@H]12. The molecule has 184 valence electrons. The molecular formula is C29H38O5. The van der Waals surface area contributed by atoms with Crippen molar-refractivity contribution in [2.24, 2.45) is 11.8 Å². The maximum absolute atomic E-state index is 10.6. The fourth-order valence-electron chi connectivity index (χ4n) is 5.44. The van der Waals surface area contributed by atoms with E-state index in [4.69, 9.17) is 19.3 Å². The summed E-state index contributed by atoms with van der Waals surface area (Å²) in [6, 6.07) is 10.5. The summed E-state index contributed by atoms with van der Waals surface area (Å²) in [4.78, 5) is 10.6. The standard InChI is InChI=1S/C29H38O5/c30-25(31)19-10-2-1-9-17-23-24(27-29-28(34-29)26(23)33-27)18-11-13-21-32-20-12-4-3-6-14-22-15-7-5-8-16-22/h1,5,7-9,15-16,23-24,26-29H,2,6,10-14,17-21H2,(H,30,31)/b9-1-/t23-,24+,26+,27-,28-,29+/m0/s1. The zero-order valence-electron chi connectivity index (χ0n) is 20.1. The van der Waals surface area contributed by atoms with Crippen LogP contribution in [0.1, 0.15) is 63.4 Å². The molecule has 2 bridgehead atoms. The predicted molar refractivity (Wildman–Crippen MR) is 131 cm³/mol. The Bertz CT molecular complexity index is 854. The first-order valence-electron chi connectivity index (χ1n) is 13.0. The van der Waals surface area contributed by atoms with Gasteiger partial charge in [0.2, 0.25) is 0 Å². The van der Waals surface area contributed by atoms with Gasteiger partial charge in [0.25, 0.3) is 0 Å². The first kappa shape index (κ1) is 25.0. The third-order valence-electron chi connectivity index (χ3n) is 7.21. The molecule has 5 heteroatoms.